The summed E-state index contributed by atoms with van der Waals surface area (Å²) in [5.74, 6) is -1.90. The topological polar surface area (TPSA) is 141 Å². The van der Waals surface area contributed by atoms with Gasteiger partial charge < -0.3 is 19.0 Å². The number of carbonyl (C=O) groups is 3. The number of hydrogen-bond donors (Lipinski definition) is 1. The number of nitro groups is 1. The summed E-state index contributed by atoms with van der Waals surface area (Å²) in [4.78, 5) is 49.8. The van der Waals surface area contributed by atoms with Crippen molar-refractivity contribution in [3.05, 3.63) is 69.0 Å². The number of nitrogens with zero attached hydrogens (tertiary/aromatic N) is 3. The minimum absolute atomic E-state index is 0.0692. The average Bonchev–Trinajstić information content (AvgIpc) is 3.07. The number of carbonyl (C=O) groups excluding carboxylic acids is 2. The number of fused-ring (bicyclic) bond motifs is 1. The van der Waals surface area contributed by atoms with E-state index in [-0.39, 0.29) is 39.3 Å². The van der Waals surface area contributed by atoms with Crippen molar-refractivity contribution >= 4 is 34.7 Å². The SMILES string of the molecule is COc1cc(C(=O)c2c(C)c(C(=O)O)c3cc(N(C)C(=O)OC(C)(C)C)ccn23)ccc1[N+](=O)[O-]. The van der Waals surface area contributed by atoms with Gasteiger partial charge in [-0.05, 0) is 57.5 Å². The van der Waals surface area contributed by atoms with Crippen molar-refractivity contribution < 1.29 is 33.9 Å². The molecule has 0 aliphatic rings. The van der Waals surface area contributed by atoms with Crippen molar-refractivity contribution in [3.63, 3.8) is 0 Å². The molecule has 0 atom stereocenters. The van der Waals surface area contributed by atoms with Crippen LogP contribution in [0.2, 0.25) is 0 Å². The van der Waals surface area contributed by atoms with E-state index in [2.05, 4.69) is 0 Å². The number of carboxylic acids is 1. The highest BCUT2D eigenvalue weighted by Crippen LogP contribution is 2.32. The highest BCUT2D eigenvalue weighted by atomic mass is 16.6. The third-order valence-corrected chi connectivity index (χ3v) is 5.29. The lowest BCUT2D eigenvalue weighted by molar-refractivity contribution is -0.385. The van der Waals surface area contributed by atoms with Gasteiger partial charge >= 0.3 is 17.7 Å². The van der Waals surface area contributed by atoms with Crippen LogP contribution < -0.4 is 9.64 Å². The van der Waals surface area contributed by atoms with Crippen LogP contribution in [0.3, 0.4) is 0 Å². The molecular weight excluding hydrogens is 458 g/mol. The molecule has 1 aromatic carbocycles. The number of amides is 1. The smallest absolute Gasteiger partial charge is 0.414 e. The zero-order valence-electron chi connectivity index (χ0n) is 20.1. The molecule has 0 spiro atoms. The lowest BCUT2D eigenvalue weighted by atomic mass is 10.0. The van der Waals surface area contributed by atoms with Gasteiger partial charge in [-0.1, -0.05) is 0 Å². The molecule has 2 heterocycles. The van der Waals surface area contributed by atoms with Crippen LogP contribution in [0.1, 0.15) is 52.7 Å². The van der Waals surface area contributed by atoms with Gasteiger partial charge in [-0.3, -0.25) is 19.8 Å². The Kier molecular flexibility index (Phi) is 6.55. The Morgan fingerprint density at radius 2 is 1.80 bits per heavy atom. The first kappa shape index (κ1) is 25.2. The van der Waals surface area contributed by atoms with Crippen LogP contribution in [0.15, 0.2) is 36.5 Å². The molecule has 2 aromatic heterocycles. The van der Waals surface area contributed by atoms with Gasteiger partial charge in [-0.15, -0.1) is 0 Å². The van der Waals surface area contributed by atoms with Crippen LogP contribution in [-0.4, -0.2) is 52.0 Å². The second-order valence-corrected chi connectivity index (χ2v) is 8.81. The molecule has 11 heteroatoms. The molecule has 1 N–H and O–H groups in total. The Labute approximate surface area is 200 Å². The standard InChI is InChI=1S/C24H25N3O8/c1-13-19(22(29)30)17-12-15(25(5)23(31)35-24(2,3)4)9-10-26(17)20(13)21(28)14-7-8-16(27(32)33)18(11-14)34-6/h7-12H,1-6H3,(H,29,30). The molecule has 0 saturated heterocycles. The van der Waals surface area contributed by atoms with Crippen molar-refractivity contribution in [3.8, 4) is 5.75 Å². The molecule has 11 nitrogen and oxygen atoms in total. The van der Waals surface area contributed by atoms with Crippen molar-refractivity contribution in [1.82, 2.24) is 4.40 Å². The number of aromatic carboxylic acids is 1. The summed E-state index contributed by atoms with van der Waals surface area (Å²) in [5, 5.41) is 21.1. The summed E-state index contributed by atoms with van der Waals surface area (Å²) in [6, 6.07) is 6.71. The van der Waals surface area contributed by atoms with E-state index in [0.717, 1.165) is 6.07 Å². The Balaban J connectivity index is 2.15. The van der Waals surface area contributed by atoms with Crippen molar-refractivity contribution in [2.45, 2.75) is 33.3 Å². The molecule has 1 amide bonds. The van der Waals surface area contributed by atoms with Crippen LogP contribution in [0, 0.1) is 17.0 Å². The number of benzene rings is 1. The van der Waals surface area contributed by atoms with Gasteiger partial charge in [0.2, 0.25) is 5.78 Å². The van der Waals surface area contributed by atoms with Gasteiger partial charge in [-0.2, -0.15) is 0 Å². The van der Waals surface area contributed by atoms with Gasteiger partial charge in [0.1, 0.15) is 5.60 Å². The molecule has 0 aliphatic heterocycles. The highest BCUT2D eigenvalue weighted by Gasteiger charge is 2.28. The van der Waals surface area contributed by atoms with E-state index in [1.54, 1.807) is 26.8 Å². The molecule has 0 saturated carbocycles. The number of pyridine rings is 1. The predicted molar refractivity (Wildman–Crippen MR) is 127 cm³/mol. The molecule has 0 unspecified atom stereocenters. The van der Waals surface area contributed by atoms with Crippen LogP contribution in [0.25, 0.3) is 5.52 Å². The Morgan fingerprint density at radius 3 is 2.34 bits per heavy atom. The molecule has 0 aliphatic carbocycles. The van der Waals surface area contributed by atoms with Crippen molar-refractivity contribution in [1.29, 1.82) is 0 Å². The van der Waals surface area contributed by atoms with E-state index in [9.17, 15) is 29.6 Å². The zero-order chi connectivity index (χ0) is 26.2. The summed E-state index contributed by atoms with van der Waals surface area (Å²) >= 11 is 0. The molecule has 0 fully saturated rings. The number of methoxy groups -OCH3 is 1. The van der Waals surface area contributed by atoms with E-state index in [4.69, 9.17) is 9.47 Å². The van der Waals surface area contributed by atoms with E-state index in [1.165, 1.54) is 54.8 Å². The number of hydrogen-bond acceptors (Lipinski definition) is 7. The van der Waals surface area contributed by atoms with Crippen LogP contribution in [0.4, 0.5) is 16.2 Å². The fraction of sp³-hybridized carbons (Fsp3) is 0.292. The fourth-order valence-corrected chi connectivity index (χ4v) is 3.67. The first-order valence-electron chi connectivity index (χ1n) is 10.5. The summed E-state index contributed by atoms with van der Waals surface area (Å²) in [7, 11) is 2.74. The molecule has 3 rings (SSSR count). The van der Waals surface area contributed by atoms with Crippen molar-refractivity contribution in [2.75, 3.05) is 19.1 Å². The number of anilines is 1. The van der Waals surface area contributed by atoms with E-state index in [1.807, 2.05) is 0 Å². The minimum Gasteiger partial charge on any atom is -0.490 e. The Bertz CT molecular complexity index is 1370. The largest absolute Gasteiger partial charge is 0.490 e. The first-order chi connectivity index (χ1) is 16.3. The van der Waals surface area contributed by atoms with Crippen LogP contribution in [-0.2, 0) is 4.74 Å². The molecule has 35 heavy (non-hydrogen) atoms. The van der Waals surface area contributed by atoms with E-state index < -0.39 is 28.4 Å². The quantitative estimate of drug-likeness (QED) is 0.308. The molecule has 184 valence electrons. The summed E-state index contributed by atoms with van der Waals surface area (Å²) in [5.41, 5.74) is -0.219. The minimum atomic E-state index is -1.25. The van der Waals surface area contributed by atoms with Gasteiger partial charge in [-0.25, -0.2) is 9.59 Å². The van der Waals surface area contributed by atoms with Crippen LogP contribution >= 0.6 is 0 Å². The number of aromatic nitrogens is 1. The fourth-order valence-electron chi connectivity index (χ4n) is 3.67. The molecular formula is C24H25N3O8. The van der Waals surface area contributed by atoms with E-state index in [0.29, 0.717) is 5.69 Å². The average molecular weight is 483 g/mol. The third kappa shape index (κ3) is 4.79. The Hall–Kier alpha value is -4.41. The number of rotatable bonds is 6. The van der Waals surface area contributed by atoms with Gasteiger partial charge in [0, 0.05) is 24.9 Å². The van der Waals surface area contributed by atoms with Crippen LogP contribution in [0.5, 0.6) is 5.75 Å². The number of nitro benzene ring substituents is 1. The predicted octanol–water partition coefficient (Wildman–Crippen LogP) is 4.47. The molecule has 0 bridgehead atoms. The van der Waals surface area contributed by atoms with Gasteiger partial charge in [0.15, 0.2) is 5.75 Å². The maximum atomic E-state index is 13.4. The normalized spacial score (nSPS) is 11.3. The zero-order valence-corrected chi connectivity index (χ0v) is 20.1. The van der Waals surface area contributed by atoms with Gasteiger partial charge in [0.05, 0.1) is 34.5 Å². The summed E-state index contributed by atoms with van der Waals surface area (Å²) < 4.78 is 11.8. The Morgan fingerprint density at radius 1 is 1.14 bits per heavy atom. The van der Waals surface area contributed by atoms with E-state index >= 15 is 0 Å². The second kappa shape index (κ2) is 9.09. The van der Waals surface area contributed by atoms with Crippen molar-refractivity contribution in [2.24, 2.45) is 0 Å². The van der Waals surface area contributed by atoms with Gasteiger partial charge in [0.25, 0.3) is 0 Å². The summed E-state index contributed by atoms with van der Waals surface area (Å²) in [6.07, 6.45) is 0.858. The lowest BCUT2D eigenvalue weighted by Crippen LogP contribution is -2.34. The second-order valence-electron chi connectivity index (χ2n) is 8.81. The summed E-state index contributed by atoms with van der Waals surface area (Å²) in [6.45, 7) is 6.69. The maximum Gasteiger partial charge on any atom is 0.414 e. The molecule has 0 radical (unpaired) electrons. The number of ketones is 1. The maximum absolute atomic E-state index is 13.4. The number of ether oxygens (including phenoxy) is 2. The molecule has 3 aromatic rings. The lowest BCUT2D eigenvalue weighted by Gasteiger charge is -2.24. The monoisotopic (exact) mass is 483 g/mol. The highest BCUT2D eigenvalue weighted by molar-refractivity contribution is 6.13. The third-order valence-electron chi connectivity index (χ3n) is 5.29. The number of carboxylic acid groups (broad SMARTS) is 1. The first-order valence-corrected chi connectivity index (χ1v) is 10.5.